The van der Waals surface area contributed by atoms with E-state index in [2.05, 4.69) is 31.0 Å². The second-order valence-electron chi connectivity index (χ2n) is 5.13. The van der Waals surface area contributed by atoms with Crippen LogP contribution in [0.25, 0.3) is 0 Å². The van der Waals surface area contributed by atoms with Crippen molar-refractivity contribution >= 4 is 0 Å². The van der Waals surface area contributed by atoms with E-state index >= 15 is 0 Å². The third kappa shape index (κ3) is 4.98. The Morgan fingerprint density at radius 1 is 1.20 bits per heavy atom. The molecule has 2 atom stereocenters. The van der Waals surface area contributed by atoms with Crippen LogP contribution in [-0.4, -0.2) is 37.1 Å². The summed E-state index contributed by atoms with van der Waals surface area (Å²) in [6.07, 6.45) is 5.41. The molecule has 0 aromatic rings. The van der Waals surface area contributed by atoms with E-state index in [1.807, 2.05) is 0 Å². The van der Waals surface area contributed by atoms with Gasteiger partial charge in [0.25, 0.3) is 0 Å². The Morgan fingerprint density at radius 3 is 2.73 bits per heavy atom. The highest BCUT2D eigenvalue weighted by Gasteiger charge is 2.21. The largest absolute Gasteiger partial charge is 0.315 e. The molecule has 0 aliphatic carbocycles. The molecular formula is C13H28N2. The molecular weight excluding hydrogens is 184 g/mol. The van der Waals surface area contributed by atoms with E-state index < -0.39 is 0 Å². The second-order valence-corrected chi connectivity index (χ2v) is 5.13. The number of nitrogens with zero attached hydrogens (tertiary/aromatic N) is 1. The number of piperidine rings is 1. The van der Waals surface area contributed by atoms with Gasteiger partial charge in [-0.1, -0.05) is 20.3 Å². The smallest absolute Gasteiger partial charge is 0.0110 e. The van der Waals surface area contributed by atoms with Crippen molar-refractivity contribution in [1.82, 2.24) is 10.2 Å². The average molecular weight is 212 g/mol. The Hall–Kier alpha value is -0.0800. The molecule has 15 heavy (non-hydrogen) atoms. The molecule has 90 valence electrons. The predicted molar refractivity (Wildman–Crippen MR) is 67.2 cm³/mol. The second kappa shape index (κ2) is 7.24. The zero-order chi connectivity index (χ0) is 11.1. The van der Waals surface area contributed by atoms with Crippen molar-refractivity contribution in [2.75, 3.05) is 26.2 Å². The maximum absolute atomic E-state index is 3.53. The molecule has 1 saturated heterocycles. The summed E-state index contributed by atoms with van der Waals surface area (Å²) in [5, 5.41) is 3.53. The molecule has 0 bridgehead atoms. The van der Waals surface area contributed by atoms with Crippen LogP contribution in [0.4, 0.5) is 0 Å². The van der Waals surface area contributed by atoms with Gasteiger partial charge in [0.05, 0.1) is 0 Å². The molecule has 1 heterocycles. The summed E-state index contributed by atoms with van der Waals surface area (Å²) in [4.78, 5) is 2.65. The van der Waals surface area contributed by atoms with Crippen LogP contribution in [0.3, 0.4) is 0 Å². The molecule has 2 heteroatoms. The summed E-state index contributed by atoms with van der Waals surface area (Å²) in [6, 6.07) is 0.800. The summed E-state index contributed by atoms with van der Waals surface area (Å²) in [5.74, 6) is 0.900. The third-order valence-corrected chi connectivity index (χ3v) is 3.53. The molecule has 1 N–H and O–H groups in total. The monoisotopic (exact) mass is 212 g/mol. The minimum atomic E-state index is 0.800. The van der Waals surface area contributed by atoms with E-state index in [1.165, 1.54) is 45.3 Å². The SMILES string of the molecule is CCCCNCCN1CC(C)CCC1C. The standard InChI is InChI=1S/C13H28N2/c1-4-5-8-14-9-10-15-11-12(2)6-7-13(15)3/h12-14H,4-11H2,1-3H3. The lowest BCUT2D eigenvalue weighted by Gasteiger charge is -2.36. The molecule has 0 aromatic carbocycles. The molecule has 0 spiro atoms. The zero-order valence-electron chi connectivity index (χ0n) is 10.8. The number of nitrogens with one attached hydrogen (secondary N) is 1. The fourth-order valence-corrected chi connectivity index (χ4v) is 2.34. The fraction of sp³-hybridized carbons (Fsp3) is 1.00. The number of likely N-dealkylation sites (tertiary alicyclic amines) is 1. The molecule has 1 rings (SSSR count). The van der Waals surface area contributed by atoms with Crippen molar-refractivity contribution < 1.29 is 0 Å². The first-order valence-corrected chi connectivity index (χ1v) is 6.68. The van der Waals surface area contributed by atoms with E-state index in [0.29, 0.717) is 0 Å². The van der Waals surface area contributed by atoms with Gasteiger partial charge in [-0.3, -0.25) is 4.90 Å². The van der Waals surface area contributed by atoms with Crippen molar-refractivity contribution in [3.05, 3.63) is 0 Å². The lowest BCUT2D eigenvalue weighted by molar-refractivity contribution is 0.126. The maximum atomic E-state index is 3.53. The summed E-state index contributed by atoms with van der Waals surface area (Å²) in [7, 11) is 0. The van der Waals surface area contributed by atoms with E-state index in [0.717, 1.165) is 18.5 Å². The highest BCUT2D eigenvalue weighted by atomic mass is 15.2. The van der Waals surface area contributed by atoms with Gasteiger partial charge in [0.15, 0.2) is 0 Å². The topological polar surface area (TPSA) is 15.3 Å². The lowest BCUT2D eigenvalue weighted by Crippen LogP contribution is -2.44. The van der Waals surface area contributed by atoms with Crippen LogP contribution in [0.2, 0.25) is 0 Å². The minimum absolute atomic E-state index is 0.800. The molecule has 2 nitrogen and oxygen atoms in total. The highest BCUT2D eigenvalue weighted by molar-refractivity contribution is 4.77. The van der Waals surface area contributed by atoms with Crippen LogP contribution in [0.5, 0.6) is 0 Å². The first-order chi connectivity index (χ1) is 7.24. The normalized spacial score (nSPS) is 28.2. The first kappa shape index (κ1) is 13.0. The van der Waals surface area contributed by atoms with Crippen LogP contribution in [0, 0.1) is 5.92 Å². The number of rotatable bonds is 6. The van der Waals surface area contributed by atoms with Crippen molar-refractivity contribution in [3.8, 4) is 0 Å². The quantitative estimate of drug-likeness (QED) is 0.681. The summed E-state index contributed by atoms with van der Waals surface area (Å²) in [6.45, 7) is 11.9. The molecule has 0 radical (unpaired) electrons. The Balaban J connectivity index is 2.08. The lowest BCUT2D eigenvalue weighted by atomic mass is 9.95. The summed E-state index contributed by atoms with van der Waals surface area (Å²) >= 11 is 0. The Morgan fingerprint density at radius 2 is 2.00 bits per heavy atom. The first-order valence-electron chi connectivity index (χ1n) is 6.68. The van der Waals surface area contributed by atoms with Crippen molar-refractivity contribution in [3.63, 3.8) is 0 Å². The highest BCUT2D eigenvalue weighted by Crippen LogP contribution is 2.20. The van der Waals surface area contributed by atoms with Crippen LogP contribution >= 0.6 is 0 Å². The maximum Gasteiger partial charge on any atom is 0.0110 e. The molecule has 2 unspecified atom stereocenters. The van der Waals surface area contributed by atoms with E-state index in [9.17, 15) is 0 Å². The van der Waals surface area contributed by atoms with Gasteiger partial charge in [0.2, 0.25) is 0 Å². The Labute approximate surface area is 95.4 Å². The molecule has 0 saturated carbocycles. The van der Waals surface area contributed by atoms with E-state index in [-0.39, 0.29) is 0 Å². The van der Waals surface area contributed by atoms with Crippen molar-refractivity contribution in [2.24, 2.45) is 5.92 Å². The van der Waals surface area contributed by atoms with Gasteiger partial charge in [-0.2, -0.15) is 0 Å². The predicted octanol–water partition coefficient (Wildman–Crippen LogP) is 2.50. The summed E-state index contributed by atoms with van der Waals surface area (Å²) < 4.78 is 0. The Bertz CT molecular complexity index is 159. The van der Waals surface area contributed by atoms with E-state index in [1.54, 1.807) is 0 Å². The van der Waals surface area contributed by atoms with Crippen LogP contribution in [-0.2, 0) is 0 Å². The van der Waals surface area contributed by atoms with Gasteiger partial charge in [-0.05, 0) is 38.6 Å². The zero-order valence-corrected chi connectivity index (χ0v) is 10.8. The summed E-state index contributed by atoms with van der Waals surface area (Å²) in [5.41, 5.74) is 0. The fourth-order valence-electron chi connectivity index (χ4n) is 2.34. The van der Waals surface area contributed by atoms with E-state index in [4.69, 9.17) is 0 Å². The molecule has 0 amide bonds. The number of unbranched alkanes of at least 4 members (excludes halogenated alkanes) is 1. The third-order valence-electron chi connectivity index (χ3n) is 3.53. The molecule has 1 aliphatic rings. The van der Waals surface area contributed by atoms with Gasteiger partial charge in [0.1, 0.15) is 0 Å². The molecule has 0 aromatic heterocycles. The Kier molecular flexibility index (Phi) is 6.26. The van der Waals surface area contributed by atoms with Crippen molar-refractivity contribution in [2.45, 2.75) is 52.5 Å². The van der Waals surface area contributed by atoms with Crippen molar-refractivity contribution in [1.29, 1.82) is 0 Å². The van der Waals surface area contributed by atoms with Gasteiger partial charge in [-0.15, -0.1) is 0 Å². The minimum Gasteiger partial charge on any atom is -0.315 e. The number of hydrogen-bond donors (Lipinski definition) is 1. The number of hydrogen-bond acceptors (Lipinski definition) is 2. The van der Waals surface area contributed by atoms with Gasteiger partial charge >= 0.3 is 0 Å². The molecule has 1 aliphatic heterocycles. The van der Waals surface area contributed by atoms with Crippen LogP contribution in [0.1, 0.15) is 46.5 Å². The average Bonchev–Trinajstić information content (AvgIpc) is 2.23. The van der Waals surface area contributed by atoms with Crippen LogP contribution in [0.15, 0.2) is 0 Å². The van der Waals surface area contributed by atoms with Gasteiger partial charge in [-0.25, -0.2) is 0 Å². The van der Waals surface area contributed by atoms with Gasteiger partial charge < -0.3 is 5.32 Å². The van der Waals surface area contributed by atoms with Gasteiger partial charge in [0, 0.05) is 25.7 Å². The van der Waals surface area contributed by atoms with Crippen LogP contribution < -0.4 is 5.32 Å². The molecule has 1 fully saturated rings.